The quantitative estimate of drug-likeness (QED) is 0.145. The minimum Gasteiger partial charge on any atom is -0.390 e. The number of carbonyl (C=O) groups is 2. The summed E-state index contributed by atoms with van der Waals surface area (Å²) in [5.41, 5.74) is 3.56. The first-order valence-electron chi connectivity index (χ1n) is 35.8. The Labute approximate surface area is 620 Å². The predicted octanol–water partition coefficient (Wildman–Crippen LogP) is 2.97. The highest BCUT2D eigenvalue weighted by molar-refractivity contribution is 9.10. The summed E-state index contributed by atoms with van der Waals surface area (Å²) < 4.78 is 1.15. The van der Waals surface area contributed by atoms with Crippen molar-refractivity contribution in [2.45, 2.75) is 190 Å². The number of hydroxylamine groups is 2. The third-order valence-electron chi connectivity index (χ3n) is 27.2. The van der Waals surface area contributed by atoms with E-state index in [0.717, 1.165) is 72.2 Å². The van der Waals surface area contributed by atoms with E-state index >= 15 is 0 Å². The second kappa shape index (κ2) is 34.4. The molecule has 0 aromatic heterocycles. The number of carbonyl (C=O) groups excluding carboxylic acids is 2. The topological polar surface area (TPSA) is 87.1 Å². The molecule has 0 unspecified atom stereocenters. The van der Waals surface area contributed by atoms with Gasteiger partial charge < -0.3 is 10.2 Å². The molecule has 8 saturated carbocycles. The maximum atomic E-state index is 13.6. The minimum absolute atomic E-state index is 0. The van der Waals surface area contributed by atoms with E-state index in [9.17, 15) is 19.8 Å². The van der Waals surface area contributed by atoms with Gasteiger partial charge in [-0.3, -0.25) is 14.4 Å². The number of hydrogen-bond donors (Lipinski definition) is 2. The molecule has 6 nitrogen and oxygen atoms in total. The Morgan fingerprint density at radius 2 is 0.802 bits per heavy atom. The number of nitrogens with zero attached hydrogens (tertiary/aromatic N) is 1. The molecule has 37 heteroatoms. The fourth-order valence-electron chi connectivity index (χ4n) is 22.2. The van der Waals surface area contributed by atoms with Gasteiger partial charge in [-0.25, -0.2) is 5.06 Å². The average molecular weight is 1300 g/mol. The molecule has 2 N–H and O–H groups in total. The first kappa shape index (κ1) is 84.8. The summed E-state index contributed by atoms with van der Waals surface area (Å²) in [7, 11) is 99.7. The van der Waals surface area contributed by atoms with Crippen molar-refractivity contribution in [3.05, 3.63) is 69.7 Å². The van der Waals surface area contributed by atoms with Gasteiger partial charge in [-0.15, -0.1) is 0 Å². The molecule has 0 saturated heterocycles. The second-order valence-electron chi connectivity index (χ2n) is 33.2. The number of benzene rings is 2. The van der Waals surface area contributed by atoms with E-state index in [0.29, 0.717) is 40.3 Å². The van der Waals surface area contributed by atoms with Crippen molar-refractivity contribution in [1.29, 1.82) is 0 Å². The van der Waals surface area contributed by atoms with Crippen molar-refractivity contribution in [3.63, 3.8) is 0 Å². The van der Waals surface area contributed by atoms with E-state index in [2.05, 4.69) is 88.7 Å². The Bertz CT molecular complexity index is 2730. The molecule has 0 bridgehead atoms. The normalized spacial score (nSPS) is 33.3. The van der Waals surface area contributed by atoms with E-state index < -0.39 is 101 Å². The first-order valence-corrected chi connectivity index (χ1v) is 36.6. The molecular formula is C59H90B30BrNO5. The molecule has 96 heavy (non-hydrogen) atoms. The molecule has 8 aliphatic rings. The fourth-order valence-corrected chi connectivity index (χ4v) is 22.7. The minimum atomic E-state index is -1.07. The smallest absolute Gasteiger partial charge is 0.249 e. The van der Waals surface area contributed by atoms with Crippen molar-refractivity contribution >= 4 is 241 Å². The van der Waals surface area contributed by atoms with E-state index in [1.165, 1.54) is 93.2 Å². The molecule has 8 aliphatic carbocycles. The van der Waals surface area contributed by atoms with Gasteiger partial charge in [0.1, 0.15) is 0 Å². The second-order valence-corrected chi connectivity index (χ2v) is 34.1. The number of halogens is 1. The summed E-state index contributed by atoms with van der Waals surface area (Å²) in [6, 6.07) is 16.4. The van der Waals surface area contributed by atoms with Crippen LogP contribution in [0.25, 0.3) is 0 Å². The Morgan fingerprint density at radius 3 is 1.14 bits per heavy atom. The number of ketones is 1. The van der Waals surface area contributed by atoms with Crippen LogP contribution in [0, 0.1) is 94.7 Å². The SMILES string of the molecule is C.CON(C)C(=O)[C@H]1CC[C@H]2[C@@H]3CC[C@H]4C[C@](C)(O)CC[C@]4(C)[C@H]3CC[C@]12C.Cc1cccc(Br)c1.Cc1cccc(C(=O)[C@H]2CC[C@H]3[C@@H]4CC[C@H]5C[C@](C)(O)CC[C@]5(C)[C@H]4CC[C@]23C)c1.[B]B([B])B(B([B])[B])B(B(B([B])[B])B([B])[B])B(B(B([B])[B])B([B])[B])B(B([B])[B])B([B])[B]. The van der Waals surface area contributed by atoms with Crippen LogP contribution in [0.1, 0.15) is 186 Å². The Hall–Kier alpha value is -0.112. The van der Waals surface area contributed by atoms with Crippen molar-refractivity contribution < 1.29 is 24.6 Å². The van der Waals surface area contributed by atoms with Gasteiger partial charge in [0, 0.05) is 242 Å². The summed E-state index contributed by atoms with van der Waals surface area (Å²) in [5, 5.41) is 22.8. The summed E-state index contributed by atoms with van der Waals surface area (Å²) in [6.07, 6.45) is 7.11. The molecule has 10 rings (SSSR count). The van der Waals surface area contributed by atoms with Gasteiger partial charge in [-0.2, -0.15) is 0 Å². The molecule has 0 heterocycles. The highest BCUT2D eigenvalue weighted by Gasteiger charge is 2.64. The molecule has 1 amide bonds. The van der Waals surface area contributed by atoms with Gasteiger partial charge in [0.25, 0.3) is 0 Å². The molecule has 458 valence electrons. The van der Waals surface area contributed by atoms with E-state index in [1.54, 1.807) is 14.2 Å². The summed E-state index contributed by atoms with van der Waals surface area (Å²) in [4.78, 5) is 31.7. The lowest BCUT2D eigenvalue weighted by atomic mass is 8.31. The monoisotopic (exact) mass is 1300 g/mol. The van der Waals surface area contributed by atoms with E-state index in [1.807, 2.05) is 31.2 Å². The Morgan fingerprint density at radius 1 is 0.458 bits per heavy atom. The Kier molecular flexibility index (Phi) is 30.4. The van der Waals surface area contributed by atoms with Crippen LogP contribution in [0.3, 0.4) is 0 Å². The molecule has 32 radical (unpaired) electrons. The lowest BCUT2D eigenvalue weighted by molar-refractivity contribution is -0.182. The maximum absolute atomic E-state index is 13.6. The Balaban J connectivity index is 0.000000214. The van der Waals surface area contributed by atoms with Crippen LogP contribution in [-0.2, 0) is 9.63 Å². The number of aliphatic hydroxyl groups is 2. The van der Waals surface area contributed by atoms with Crippen LogP contribution in [0.2, 0.25) is 0 Å². The number of Topliss-reactive ketones (excluding diaryl/α,β-unsaturated/α-hetero) is 1. The van der Waals surface area contributed by atoms with Crippen molar-refractivity contribution in [1.82, 2.24) is 5.06 Å². The first-order chi connectivity index (χ1) is 44.1. The van der Waals surface area contributed by atoms with Gasteiger partial charge in [0.05, 0.1) is 18.3 Å². The van der Waals surface area contributed by atoms with Crippen molar-refractivity contribution in [2.24, 2.45) is 80.8 Å². The highest BCUT2D eigenvalue weighted by Crippen LogP contribution is 2.70. The standard InChI is InChI=1S/C28H40O2.C23H39NO3.C7H7Br.CH4.B30/c1-18-6-5-7-19(16-18)25(29)24-11-10-22-21-9-8-20-17-26(2,30)14-15-27(20,3)23(21)12-13-28(22,24)4;1-21(26)12-13-22(2)15(14-21)6-7-16-17-8-9-19(20(25)24(4)27-5)23(17,3)11-10-18(16)22;1-6-3-2-4-7(8)5-6;;1-17(2)25(18(3)4)29(26(19(5)6)20(7)8)30(27(21(9)10)22(11)12)28(23(13)14)24(15)16/h5-7,16,20-24,30H,8-15,17H2,1-4H3;15-19,26H,6-14H2,1-5H3;2-5H,1H3;1H4;/t20-,21-,22-,23-,24+,26+,27-,28-;15-,16-,17-,18-,19+,21+,22-,23-;;;/m00.../s1. The zero-order chi connectivity index (χ0) is 71.0. The number of aryl methyl sites for hydroxylation is 2. The third kappa shape index (κ3) is 18.4. The average Bonchev–Trinajstić information content (AvgIpc) is 1.30. The van der Waals surface area contributed by atoms with E-state index in [-0.39, 0.29) is 36.0 Å². The van der Waals surface area contributed by atoms with Gasteiger partial charge in [0.2, 0.25) is 5.91 Å². The molecule has 0 spiro atoms. The van der Waals surface area contributed by atoms with E-state index in [4.69, 9.17) is 129 Å². The van der Waals surface area contributed by atoms with Crippen molar-refractivity contribution in [2.75, 3.05) is 14.2 Å². The lowest BCUT2D eigenvalue weighted by Crippen LogP contribution is -2.88. The predicted molar refractivity (Wildman–Crippen MR) is 445 cm³/mol. The number of amides is 1. The summed E-state index contributed by atoms with van der Waals surface area (Å²) in [6.45, 7) is 18.2. The van der Waals surface area contributed by atoms with Crippen LogP contribution in [0.15, 0.2) is 53.0 Å². The lowest BCUT2D eigenvalue weighted by Gasteiger charge is -2.61. The van der Waals surface area contributed by atoms with Crippen LogP contribution in [0.5, 0.6) is 0 Å². The van der Waals surface area contributed by atoms with Crippen LogP contribution in [0.4, 0.5) is 0 Å². The summed E-state index contributed by atoms with van der Waals surface area (Å²) in [5.74, 6) is 6.73. The highest BCUT2D eigenvalue weighted by atomic mass is 79.9. The largest absolute Gasteiger partial charge is 0.390 e. The van der Waals surface area contributed by atoms with Crippen LogP contribution < -0.4 is 0 Å². The molecule has 16 atom stereocenters. The number of hydrogen-bond acceptors (Lipinski definition) is 5. The molecular weight excluding hydrogens is 1210 g/mol. The zero-order valence-electron chi connectivity index (χ0n) is 59.4. The number of fused-ring (bicyclic) bond motifs is 10. The molecule has 2 aromatic rings. The molecule has 8 fully saturated rings. The van der Waals surface area contributed by atoms with Gasteiger partial charge in [0.15, 0.2) is 5.78 Å². The van der Waals surface area contributed by atoms with Gasteiger partial charge in [-0.1, -0.05) is 92.5 Å². The number of rotatable bonds is 17. The van der Waals surface area contributed by atoms with Gasteiger partial charge in [-0.05, 0) is 230 Å². The molecule has 2 aromatic carbocycles. The van der Waals surface area contributed by atoms with Crippen LogP contribution >= 0.6 is 15.9 Å². The third-order valence-corrected chi connectivity index (χ3v) is 27.7. The molecule has 0 aliphatic heterocycles. The fraction of sp³-hybridized carbons (Fsp3) is 0.763. The van der Waals surface area contributed by atoms with Gasteiger partial charge >= 0.3 is 0 Å². The zero-order valence-corrected chi connectivity index (χ0v) is 61.0. The van der Waals surface area contributed by atoms with Crippen molar-refractivity contribution in [3.8, 4) is 0 Å². The summed E-state index contributed by atoms with van der Waals surface area (Å²) >= 11 is 3.36. The maximum Gasteiger partial charge on any atom is 0.249 e. The van der Waals surface area contributed by atoms with Crippen LogP contribution in [-0.4, -0.2) is 266 Å².